The second-order valence-electron chi connectivity index (χ2n) is 7.39. The molecule has 0 radical (unpaired) electrons. The van der Waals surface area contributed by atoms with Crippen molar-refractivity contribution in [3.63, 3.8) is 0 Å². The minimum atomic E-state index is -0.512. The zero-order valence-corrected chi connectivity index (χ0v) is 20.6. The van der Waals surface area contributed by atoms with E-state index >= 15 is 0 Å². The second-order valence-corrected chi connectivity index (χ2v) is 8.30. The maximum absolute atomic E-state index is 12.1. The summed E-state index contributed by atoms with van der Waals surface area (Å²) in [5, 5.41) is 6.67. The smallest absolute Gasteiger partial charge is 0.249 e. The molecule has 0 saturated carbocycles. The number of carbonyl (C=O) groups is 2. The summed E-state index contributed by atoms with van der Waals surface area (Å²) < 4.78 is 12.6. The maximum atomic E-state index is 12.1. The molecular formula is C26H26BrN3O4. The van der Waals surface area contributed by atoms with Crippen LogP contribution in [-0.4, -0.2) is 24.6 Å². The van der Waals surface area contributed by atoms with Gasteiger partial charge in [-0.3, -0.25) is 9.59 Å². The summed E-state index contributed by atoms with van der Waals surface area (Å²) in [5.41, 5.74) is 5.71. The normalized spacial score (nSPS) is 10.7. The number of hydrazone groups is 1. The van der Waals surface area contributed by atoms with Gasteiger partial charge in [0.2, 0.25) is 11.8 Å². The molecule has 3 aromatic rings. The first kappa shape index (κ1) is 25.0. The number of hydrogen-bond acceptors (Lipinski definition) is 5. The van der Waals surface area contributed by atoms with Crippen molar-refractivity contribution in [2.75, 3.05) is 11.9 Å². The van der Waals surface area contributed by atoms with Crippen LogP contribution >= 0.6 is 15.9 Å². The lowest BCUT2D eigenvalue weighted by molar-refractivity contribution is -0.126. The Morgan fingerprint density at radius 2 is 1.74 bits per heavy atom. The Bertz CT molecular complexity index is 1160. The number of amides is 2. The number of para-hydroxylation sites is 1. The standard InChI is InChI=1S/C26H26BrN3O4/c1-3-33-24-14-20(10-13-23(24)34-17-19-8-11-21(27)12-9-19)16-28-30-26(32)15-25(31)29-22-7-5-4-6-18(22)2/h4-14,16H,3,15,17H2,1-2H3,(H,29,31)(H,30,32). The number of halogens is 1. The largest absolute Gasteiger partial charge is 0.490 e. The molecule has 0 spiro atoms. The molecule has 0 atom stereocenters. The second kappa shape index (κ2) is 12.6. The van der Waals surface area contributed by atoms with Crippen molar-refractivity contribution in [1.82, 2.24) is 5.43 Å². The average Bonchev–Trinajstić information content (AvgIpc) is 2.81. The number of carbonyl (C=O) groups excluding carboxylic acids is 2. The highest BCUT2D eigenvalue weighted by atomic mass is 79.9. The van der Waals surface area contributed by atoms with Crippen molar-refractivity contribution in [2.24, 2.45) is 5.10 Å². The van der Waals surface area contributed by atoms with Crippen LogP contribution in [0.3, 0.4) is 0 Å². The third kappa shape index (κ3) is 7.74. The summed E-state index contributed by atoms with van der Waals surface area (Å²) in [6.07, 6.45) is 1.15. The minimum absolute atomic E-state index is 0.335. The van der Waals surface area contributed by atoms with Crippen LogP contribution in [0, 0.1) is 6.92 Å². The fourth-order valence-corrected chi connectivity index (χ4v) is 3.27. The molecule has 8 heteroatoms. The highest BCUT2D eigenvalue weighted by Crippen LogP contribution is 2.29. The van der Waals surface area contributed by atoms with Crippen LogP contribution in [0.5, 0.6) is 11.5 Å². The molecule has 3 aromatic carbocycles. The average molecular weight is 524 g/mol. The number of ether oxygens (including phenoxy) is 2. The van der Waals surface area contributed by atoms with Crippen LogP contribution in [0.2, 0.25) is 0 Å². The number of nitrogens with one attached hydrogen (secondary N) is 2. The molecule has 0 aliphatic carbocycles. The Labute approximate surface area is 207 Å². The lowest BCUT2D eigenvalue weighted by Crippen LogP contribution is -2.24. The summed E-state index contributed by atoms with van der Waals surface area (Å²) in [6.45, 7) is 4.65. The van der Waals surface area contributed by atoms with Crippen LogP contribution in [0.25, 0.3) is 0 Å². The summed E-state index contributed by atoms with van der Waals surface area (Å²) in [5.74, 6) is 0.265. The summed E-state index contributed by atoms with van der Waals surface area (Å²) in [7, 11) is 0. The molecule has 0 aliphatic rings. The van der Waals surface area contributed by atoms with Crippen molar-refractivity contribution in [1.29, 1.82) is 0 Å². The topological polar surface area (TPSA) is 89.0 Å². The van der Waals surface area contributed by atoms with E-state index in [1.165, 1.54) is 6.21 Å². The van der Waals surface area contributed by atoms with Crippen LogP contribution in [0.4, 0.5) is 5.69 Å². The number of nitrogens with zero attached hydrogens (tertiary/aromatic N) is 1. The first-order valence-electron chi connectivity index (χ1n) is 10.8. The fraction of sp³-hybridized carbons (Fsp3) is 0.192. The molecule has 7 nitrogen and oxygen atoms in total. The molecule has 176 valence electrons. The van der Waals surface area contributed by atoms with Gasteiger partial charge < -0.3 is 14.8 Å². The van der Waals surface area contributed by atoms with E-state index in [9.17, 15) is 9.59 Å². The van der Waals surface area contributed by atoms with Crippen LogP contribution in [-0.2, 0) is 16.2 Å². The molecule has 0 aromatic heterocycles. The maximum Gasteiger partial charge on any atom is 0.249 e. The van der Waals surface area contributed by atoms with Crippen LogP contribution in [0.1, 0.15) is 30.0 Å². The van der Waals surface area contributed by atoms with Gasteiger partial charge >= 0.3 is 0 Å². The molecule has 3 rings (SSSR count). The van der Waals surface area contributed by atoms with Gasteiger partial charge in [0.15, 0.2) is 11.5 Å². The number of hydrogen-bond donors (Lipinski definition) is 2. The zero-order chi connectivity index (χ0) is 24.3. The first-order valence-corrected chi connectivity index (χ1v) is 11.6. The third-order valence-corrected chi connectivity index (χ3v) is 5.25. The lowest BCUT2D eigenvalue weighted by Gasteiger charge is -2.12. The predicted molar refractivity (Wildman–Crippen MR) is 136 cm³/mol. The third-order valence-electron chi connectivity index (χ3n) is 4.72. The summed E-state index contributed by atoms with van der Waals surface area (Å²) in [6, 6.07) is 20.6. The van der Waals surface area contributed by atoms with Crippen molar-refractivity contribution in [2.45, 2.75) is 26.9 Å². The molecule has 34 heavy (non-hydrogen) atoms. The number of aryl methyl sites for hydroxylation is 1. The Balaban J connectivity index is 1.54. The quantitative estimate of drug-likeness (QED) is 0.216. The van der Waals surface area contributed by atoms with E-state index in [4.69, 9.17) is 9.47 Å². The number of anilines is 1. The zero-order valence-electron chi connectivity index (χ0n) is 19.0. The van der Waals surface area contributed by atoms with Gasteiger partial charge in [-0.1, -0.05) is 46.3 Å². The van der Waals surface area contributed by atoms with E-state index in [1.54, 1.807) is 24.3 Å². The van der Waals surface area contributed by atoms with E-state index in [1.807, 2.05) is 56.3 Å². The molecule has 0 saturated heterocycles. The van der Waals surface area contributed by atoms with Gasteiger partial charge in [-0.05, 0) is 66.9 Å². The van der Waals surface area contributed by atoms with Gasteiger partial charge in [0, 0.05) is 10.2 Å². The Kier molecular flexibility index (Phi) is 9.22. The highest BCUT2D eigenvalue weighted by molar-refractivity contribution is 9.10. The van der Waals surface area contributed by atoms with E-state index in [-0.39, 0.29) is 6.42 Å². The van der Waals surface area contributed by atoms with Crippen molar-refractivity contribution < 1.29 is 19.1 Å². The Hall–Kier alpha value is -3.65. The van der Waals surface area contributed by atoms with E-state index in [2.05, 4.69) is 31.8 Å². The van der Waals surface area contributed by atoms with E-state index < -0.39 is 11.8 Å². The number of rotatable bonds is 10. The summed E-state index contributed by atoms with van der Waals surface area (Å²) >= 11 is 3.42. The van der Waals surface area contributed by atoms with Gasteiger partial charge in [0.1, 0.15) is 13.0 Å². The van der Waals surface area contributed by atoms with Crippen molar-refractivity contribution >= 4 is 39.6 Å². The molecular weight excluding hydrogens is 498 g/mol. The first-order chi connectivity index (χ1) is 16.4. The molecule has 0 fully saturated rings. The SMILES string of the molecule is CCOc1cc(C=NNC(=O)CC(=O)Nc2ccccc2C)ccc1OCc1ccc(Br)cc1. The Morgan fingerprint density at radius 1 is 0.971 bits per heavy atom. The fourth-order valence-electron chi connectivity index (χ4n) is 3.01. The molecule has 0 heterocycles. The monoisotopic (exact) mass is 523 g/mol. The minimum Gasteiger partial charge on any atom is -0.490 e. The Morgan fingerprint density at radius 3 is 2.47 bits per heavy atom. The van der Waals surface area contributed by atoms with Crippen LogP contribution in [0.15, 0.2) is 76.3 Å². The number of benzene rings is 3. The predicted octanol–water partition coefficient (Wildman–Crippen LogP) is 5.21. The molecule has 2 amide bonds. The highest BCUT2D eigenvalue weighted by Gasteiger charge is 2.10. The van der Waals surface area contributed by atoms with Gasteiger partial charge in [0.05, 0.1) is 12.8 Å². The summed E-state index contributed by atoms with van der Waals surface area (Å²) in [4.78, 5) is 24.1. The lowest BCUT2D eigenvalue weighted by atomic mass is 10.2. The van der Waals surface area contributed by atoms with Crippen LogP contribution < -0.4 is 20.2 Å². The molecule has 2 N–H and O–H groups in total. The van der Waals surface area contributed by atoms with Gasteiger partial charge in [-0.25, -0.2) is 5.43 Å². The van der Waals surface area contributed by atoms with Gasteiger partial charge in [-0.15, -0.1) is 0 Å². The molecule has 0 bridgehead atoms. The van der Waals surface area contributed by atoms with E-state index in [0.29, 0.717) is 36.0 Å². The van der Waals surface area contributed by atoms with Gasteiger partial charge in [0.25, 0.3) is 0 Å². The molecule has 0 unspecified atom stereocenters. The van der Waals surface area contributed by atoms with Crippen molar-refractivity contribution in [3.8, 4) is 11.5 Å². The van der Waals surface area contributed by atoms with Gasteiger partial charge in [-0.2, -0.15) is 5.10 Å². The molecule has 0 aliphatic heterocycles. The van der Waals surface area contributed by atoms with E-state index in [0.717, 1.165) is 15.6 Å². The van der Waals surface area contributed by atoms with Crippen molar-refractivity contribution in [3.05, 3.63) is 87.9 Å².